The molecule has 23 heavy (non-hydrogen) atoms. The number of rotatable bonds is 4. The van der Waals surface area contributed by atoms with E-state index in [-0.39, 0.29) is 6.04 Å². The minimum atomic E-state index is 0.286. The van der Waals surface area contributed by atoms with Gasteiger partial charge >= 0.3 is 0 Å². The Morgan fingerprint density at radius 1 is 1.22 bits per heavy atom. The number of imidazole rings is 1. The van der Waals surface area contributed by atoms with Gasteiger partial charge in [-0.2, -0.15) is 0 Å². The summed E-state index contributed by atoms with van der Waals surface area (Å²) in [6.07, 6.45) is 0. The molecular formula is C19H21N3O. The molecule has 1 atom stereocenters. The van der Waals surface area contributed by atoms with E-state index in [1.165, 1.54) is 16.6 Å². The molecule has 1 aliphatic heterocycles. The topological polar surface area (TPSA) is 39.1 Å². The lowest BCUT2D eigenvalue weighted by Crippen LogP contribution is -2.32. The summed E-state index contributed by atoms with van der Waals surface area (Å²) in [4.78, 5) is 4.72. The lowest BCUT2D eigenvalue weighted by molar-refractivity contribution is 0.0564. The zero-order valence-corrected chi connectivity index (χ0v) is 13.3. The van der Waals surface area contributed by atoms with Gasteiger partial charge in [-0.05, 0) is 30.2 Å². The molecule has 0 bridgehead atoms. The predicted octanol–water partition coefficient (Wildman–Crippen LogP) is 3.21. The quantitative estimate of drug-likeness (QED) is 0.804. The van der Waals surface area contributed by atoms with Crippen molar-refractivity contribution in [3.63, 3.8) is 0 Å². The summed E-state index contributed by atoms with van der Waals surface area (Å²) in [6.45, 7) is 5.21. The summed E-state index contributed by atoms with van der Waals surface area (Å²) in [5.74, 6) is 1.03. The average Bonchev–Trinajstić information content (AvgIpc) is 2.94. The van der Waals surface area contributed by atoms with Gasteiger partial charge in [0.1, 0.15) is 12.4 Å². The van der Waals surface area contributed by atoms with Crippen LogP contribution in [0.4, 0.5) is 0 Å². The highest BCUT2D eigenvalue weighted by Gasteiger charge is 2.23. The van der Waals surface area contributed by atoms with Crippen LogP contribution in [0.15, 0.2) is 48.5 Å². The molecule has 0 saturated heterocycles. The summed E-state index contributed by atoms with van der Waals surface area (Å²) in [5.41, 5.74) is 4.84. The SMILES string of the molecule is Cc1ccc2nc3n(c2c1)C(CNCc1ccccc1)COC3. The summed E-state index contributed by atoms with van der Waals surface area (Å²) in [6, 6.07) is 17.2. The Hall–Kier alpha value is -2.17. The van der Waals surface area contributed by atoms with Crippen LogP contribution in [0.1, 0.15) is 23.0 Å². The molecule has 3 aromatic rings. The van der Waals surface area contributed by atoms with Crippen molar-refractivity contribution in [2.24, 2.45) is 0 Å². The Labute approximate surface area is 136 Å². The van der Waals surface area contributed by atoms with Crippen molar-refractivity contribution in [3.05, 3.63) is 65.5 Å². The number of aryl methyl sites for hydroxylation is 1. The van der Waals surface area contributed by atoms with Gasteiger partial charge in [-0.3, -0.25) is 0 Å². The minimum Gasteiger partial charge on any atom is -0.371 e. The third kappa shape index (κ3) is 2.87. The first-order valence-electron chi connectivity index (χ1n) is 8.11. The van der Waals surface area contributed by atoms with Gasteiger partial charge in [-0.1, -0.05) is 36.4 Å². The van der Waals surface area contributed by atoms with E-state index >= 15 is 0 Å². The third-order valence-corrected chi connectivity index (χ3v) is 4.38. The van der Waals surface area contributed by atoms with Crippen LogP contribution in [0.3, 0.4) is 0 Å². The number of nitrogens with one attached hydrogen (secondary N) is 1. The second-order valence-corrected chi connectivity index (χ2v) is 6.18. The highest BCUT2D eigenvalue weighted by Crippen LogP contribution is 2.26. The lowest BCUT2D eigenvalue weighted by Gasteiger charge is -2.26. The number of fused-ring (bicyclic) bond motifs is 3. The van der Waals surface area contributed by atoms with E-state index in [1.54, 1.807) is 0 Å². The Balaban J connectivity index is 1.55. The van der Waals surface area contributed by atoms with Gasteiger partial charge in [-0.15, -0.1) is 0 Å². The second-order valence-electron chi connectivity index (χ2n) is 6.18. The Morgan fingerprint density at radius 3 is 2.96 bits per heavy atom. The number of aromatic nitrogens is 2. The van der Waals surface area contributed by atoms with Gasteiger partial charge < -0.3 is 14.6 Å². The Bertz CT molecular complexity index is 810. The zero-order chi connectivity index (χ0) is 15.6. The van der Waals surface area contributed by atoms with Gasteiger partial charge in [0.05, 0.1) is 23.7 Å². The highest BCUT2D eigenvalue weighted by atomic mass is 16.5. The molecule has 0 spiro atoms. The molecule has 2 aromatic carbocycles. The first-order valence-corrected chi connectivity index (χ1v) is 8.11. The van der Waals surface area contributed by atoms with E-state index in [4.69, 9.17) is 9.72 Å². The standard InChI is InChI=1S/C19H21N3O/c1-14-7-8-17-18(9-14)22-16(12-23-13-19(22)21-17)11-20-10-15-5-3-2-4-6-15/h2-9,16,20H,10-13H2,1H3. The van der Waals surface area contributed by atoms with Gasteiger partial charge in [-0.25, -0.2) is 4.98 Å². The molecule has 4 heteroatoms. The Kier molecular flexibility index (Phi) is 3.85. The van der Waals surface area contributed by atoms with Crippen LogP contribution < -0.4 is 5.32 Å². The van der Waals surface area contributed by atoms with Crippen molar-refractivity contribution < 1.29 is 4.74 Å². The molecule has 0 amide bonds. The molecule has 1 unspecified atom stereocenters. The fourth-order valence-electron chi connectivity index (χ4n) is 3.25. The first kappa shape index (κ1) is 14.4. The van der Waals surface area contributed by atoms with Crippen LogP contribution in [0.25, 0.3) is 11.0 Å². The van der Waals surface area contributed by atoms with Gasteiger partial charge in [0.2, 0.25) is 0 Å². The molecule has 4 rings (SSSR count). The van der Waals surface area contributed by atoms with Crippen LogP contribution in [-0.4, -0.2) is 22.7 Å². The minimum absolute atomic E-state index is 0.286. The van der Waals surface area contributed by atoms with E-state index in [1.807, 2.05) is 6.07 Å². The second kappa shape index (κ2) is 6.14. The van der Waals surface area contributed by atoms with Crippen molar-refractivity contribution in [2.45, 2.75) is 26.1 Å². The zero-order valence-electron chi connectivity index (χ0n) is 13.3. The smallest absolute Gasteiger partial charge is 0.136 e. The van der Waals surface area contributed by atoms with Crippen molar-refractivity contribution in [2.75, 3.05) is 13.2 Å². The monoisotopic (exact) mass is 307 g/mol. The van der Waals surface area contributed by atoms with Crippen LogP contribution in [0, 0.1) is 6.92 Å². The predicted molar refractivity (Wildman–Crippen MR) is 91.3 cm³/mol. The molecule has 1 aromatic heterocycles. The molecule has 0 aliphatic carbocycles. The molecule has 4 nitrogen and oxygen atoms in total. The van der Waals surface area contributed by atoms with Gasteiger partial charge in [0.25, 0.3) is 0 Å². The summed E-state index contributed by atoms with van der Waals surface area (Å²) >= 11 is 0. The number of nitrogens with zero attached hydrogens (tertiary/aromatic N) is 2. The van der Waals surface area contributed by atoms with E-state index in [0.717, 1.165) is 31.0 Å². The highest BCUT2D eigenvalue weighted by molar-refractivity contribution is 5.77. The normalized spacial score (nSPS) is 17.3. The molecular weight excluding hydrogens is 286 g/mol. The summed E-state index contributed by atoms with van der Waals surface area (Å²) in [7, 11) is 0. The average molecular weight is 307 g/mol. The van der Waals surface area contributed by atoms with Crippen LogP contribution in [-0.2, 0) is 17.9 Å². The maximum atomic E-state index is 5.75. The third-order valence-electron chi connectivity index (χ3n) is 4.38. The largest absolute Gasteiger partial charge is 0.371 e. The fraction of sp³-hybridized carbons (Fsp3) is 0.316. The number of hydrogen-bond acceptors (Lipinski definition) is 3. The maximum Gasteiger partial charge on any atom is 0.136 e. The van der Waals surface area contributed by atoms with Crippen LogP contribution >= 0.6 is 0 Å². The van der Waals surface area contributed by atoms with Gasteiger partial charge in [0.15, 0.2) is 0 Å². The summed E-state index contributed by atoms with van der Waals surface area (Å²) in [5, 5.41) is 3.55. The summed E-state index contributed by atoms with van der Waals surface area (Å²) < 4.78 is 8.10. The lowest BCUT2D eigenvalue weighted by atomic mass is 10.2. The molecule has 0 fully saturated rings. The van der Waals surface area contributed by atoms with Crippen molar-refractivity contribution in [3.8, 4) is 0 Å². The molecule has 118 valence electrons. The molecule has 0 saturated carbocycles. The van der Waals surface area contributed by atoms with Crippen molar-refractivity contribution in [1.82, 2.24) is 14.9 Å². The molecule has 1 N–H and O–H groups in total. The van der Waals surface area contributed by atoms with E-state index in [9.17, 15) is 0 Å². The first-order chi connectivity index (χ1) is 11.3. The Morgan fingerprint density at radius 2 is 2.09 bits per heavy atom. The number of ether oxygens (including phenoxy) is 1. The number of benzene rings is 2. The van der Waals surface area contributed by atoms with E-state index in [2.05, 4.69) is 59.3 Å². The van der Waals surface area contributed by atoms with Crippen LogP contribution in [0.2, 0.25) is 0 Å². The molecule has 1 aliphatic rings. The number of hydrogen-bond donors (Lipinski definition) is 1. The van der Waals surface area contributed by atoms with Crippen molar-refractivity contribution >= 4 is 11.0 Å². The van der Waals surface area contributed by atoms with Crippen LogP contribution in [0.5, 0.6) is 0 Å². The van der Waals surface area contributed by atoms with Gasteiger partial charge in [0, 0.05) is 13.1 Å². The van der Waals surface area contributed by atoms with E-state index in [0.29, 0.717) is 6.61 Å². The molecule has 2 heterocycles. The van der Waals surface area contributed by atoms with Crippen molar-refractivity contribution in [1.29, 1.82) is 0 Å². The van der Waals surface area contributed by atoms with E-state index < -0.39 is 0 Å². The molecule has 0 radical (unpaired) electrons. The fourth-order valence-corrected chi connectivity index (χ4v) is 3.25. The maximum absolute atomic E-state index is 5.75.